The lowest BCUT2D eigenvalue weighted by atomic mass is 10.2. The quantitative estimate of drug-likeness (QED) is 0.497. The van der Waals surface area contributed by atoms with Gasteiger partial charge in [-0.25, -0.2) is 19.0 Å². The van der Waals surface area contributed by atoms with Gasteiger partial charge in [-0.1, -0.05) is 11.6 Å². The molecule has 0 unspecified atom stereocenters. The van der Waals surface area contributed by atoms with Crippen LogP contribution in [0, 0.1) is 5.82 Å². The lowest BCUT2D eigenvalue weighted by Crippen LogP contribution is -2.17. The number of nitrogens with zero attached hydrogens (tertiary/aromatic N) is 4. The Kier molecular flexibility index (Phi) is 4.80. The predicted octanol–water partition coefficient (Wildman–Crippen LogP) is 5.25. The fourth-order valence-electron chi connectivity index (χ4n) is 2.45. The molecule has 0 saturated carbocycles. The van der Waals surface area contributed by atoms with Crippen LogP contribution in [-0.2, 0) is 18.5 Å². The van der Waals surface area contributed by atoms with E-state index in [2.05, 4.69) is 15.1 Å². The molecule has 0 fully saturated rings. The third kappa shape index (κ3) is 3.68. The van der Waals surface area contributed by atoms with Crippen molar-refractivity contribution in [2.45, 2.75) is 18.5 Å². The molecule has 30 heavy (non-hydrogen) atoms. The molecule has 0 bridgehead atoms. The van der Waals surface area contributed by atoms with Crippen molar-refractivity contribution in [2.75, 3.05) is 5.73 Å². The fraction of sp³-hybridized carbons (Fsp3) is 0.214. The van der Waals surface area contributed by atoms with E-state index in [-0.39, 0.29) is 16.8 Å². The van der Waals surface area contributed by atoms with Gasteiger partial charge in [-0.2, -0.15) is 39.5 Å². The number of benzene rings is 1. The molecule has 5 nitrogen and oxygen atoms in total. The van der Waals surface area contributed by atoms with Gasteiger partial charge in [0.1, 0.15) is 11.5 Å². The van der Waals surface area contributed by atoms with Gasteiger partial charge < -0.3 is 5.73 Å². The molecule has 2 N–H and O–H groups in total. The summed E-state index contributed by atoms with van der Waals surface area (Å²) in [6, 6.07) is 0.202. The minimum atomic E-state index is -5.45. The predicted molar refractivity (Wildman–Crippen MR) is 81.0 cm³/mol. The van der Waals surface area contributed by atoms with Gasteiger partial charge >= 0.3 is 18.5 Å². The van der Waals surface area contributed by atoms with E-state index in [1.807, 2.05) is 0 Å². The number of aromatic nitrogens is 4. The summed E-state index contributed by atoms with van der Waals surface area (Å²) in [5, 5.41) is 1.09. The van der Waals surface area contributed by atoms with Crippen LogP contribution in [0.2, 0.25) is 5.02 Å². The minimum Gasteiger partial charge on any atom is -0.383 e. The number of anilines is 1. The monoisotopic (exact) mass is 467 g/mol. The van der Waals surface area contributed by atoms with E-state index in [1.54, 1.807) is 0 Å². The Hall–Kier alpha value is -2.84. The Morgan fingerprint density at radius 2 is 1.47 bits per heavy atom. The Bertz CT molecular complexity index is 1120. The zero-order chi connectivity index (χ0) is 22.8. The lowest BCUT2D eigenvalue weighted by Gasteiger charge is -2.12. The van der Waals surface area contributed by atoms with E-state index in [4.69, 9.17) is 17.3 Å². The first-order valence-electron chi connectivity index (χ1n) is 7.29. The fourth-order valence-corrected chi connectivity index (χ4v) is 2.73. The second kappa shape index (κ2) is 6.58. The van der Waals surface area contributed by atoms with Crippen molar-refractivity contribution in [3.8, 4) is 5.69 Å². The van der Waals surface area contributed by atoms with E-state index < -0.39 is 69.0 Å². The summed E-state index contributed by atoms with van der Waals surface area (Å²) in [7, 11) is 0. The Morgan fingerprint density at radius 1 is 0.867 bits per heavy atom. The highest BCUT2D eigenvalue weighted by Gasteiger charge is 2.43. The first-order chi connectivity index (χ1) is 13.5. The second-order valence-electron chi connectivity index (χ2n) is 5.67. The van der Waals surface area contributed by atoms with Crippen molar-refractivity contribution >= 4 is 28.5 Å². The topological polar surface area (TPSA) is 69.6 Å². The molecular formula is C14H4ClF10N5. The van der Waals surface area contributed by atoms with Crippen LogP contribution in [0.25, 0.3) is 16.7 Å². The lowest BCUT2D eigenvalue weighted by molar-refractivity contribution is -0.151. The Balaban J connectivity index is 2.37. The summed E-state index contributed by atoms with van der Waals surface area (Å²) in [6.07, 6.45) is -15.9. The maximum atomic E-state index is 14.3. The van der Waals surface area contributed by atoms with E-state index in [1.165, 1.54) is 0 Å². The molecule has 0 atom stereocenters. The normalized spacial score (nSPS) is 13.3. The van der Waals surface area contributed by atoms with Gasteiger partial charge in [-0.3, -0.25) is 0 Å². The summed E-state index contributed by atoms with van der Waals surface area (Å²) in [5.74, 6) is -5.00. The molecule has 0 aliphatic carbocycles. The van der Waals surface area contributed by atoms with E-state index in [9.17, 15) is 43.9 Å². The number of fused-ring (bicyclic) bond motifs is 1. The summed E-state index contributed by atoms with van der Waals surface area (Å²) < 4.78 is 131. The van der Waals surface area contributed by atoms with Crippen molar-refractivity contribution in [2.24, 2.45) is 0 Å². The Labute approximate surface area is 163 Å². The number of halogens is 11. The molecule has 3 rings (SSSR count). The average Bonchev–Trinajstić information content (AvgIpc) is 2.87. The Morgan fingerprint density at radius 3 is 1.93 bits per heavy atom. The van der Waals surface area contributed by atoms with E-state index in [0.29, 0.717) is 0 Å². The summed E-state index contributed by atoms with van der Waals surface area (Å²) in [6.45, 7) is 0. The zero-order valence-electron chi connectivity index (χ0n) is 13.7. The van der Waals surface area contributed by atoms with Crippen molar-refractivity contribution < 1.29 is 43.9 Å². The summed E-state index contributed by atoms with van der Waals surface area (Å²) in [5.41, 5.74) is -0.417. The molecular weight excluding hydrogens is 464 g/mol. The number of nitrogens with two attached hydrogens (primary N) is 1. The van der Waals surface area contributed by atoms with Crippen LogP contribution >= 0.6 is 11.6 Å². The van der Waals surface area contributed by atoms with Gasteiger partial charge in [0.25, 0.3) is 0 Å². The maximum Gasteiger partial charge on any atom is 0.451 e. The van der Waals surface area contributed by atoms with Gasteiger partial charge in [0.05, 0.1) is 16.0 Å². The van der Waals surface area contributed by atoms with E-state index in [0.717, 1.165) is 0 Å². The standard InChI is InChI=1S/C14H4ClF10N5/c15-4-1-3(12(17,18)19)2-5(16)7(4)30-9(26)6-8(13(20,21)22)27-11(14(23,24)25)28-10(6)29-30/h1-2H,26H2. The molecule has 0 aliphatic rings. The van der Waals surface area contributed by atoms with Crippen molar-refractivity contribution in [1.82, 2.24) is 19.7 Å². The van der Waals surface area contributed by atoms with Gasteiger partial charge in [-0.05, 0) is 12.1 Å². The average molecular weight is 468 g/mol. The molecule has 0 spiro atoms. The highest BCUT2D eigenvalue weighted by molar-refractivity contribution is 6.32. The van der Waals surface area contributed by atoms with Gasteiger partial charge in [0, 0.05) is 0 Å². The molecule has 0 radical (unpaired) electrons. The maximum absolute atomic E-state index is 14.3. The van der Waals surface area contributed by atoms with Gasteiger partial charge in [-0.15, -0.1) is 5.10 Å². The summed E-state index contributed by atoms with van der Waals surface area (Å²) >= 11 is 5.61. The molecule has 1 aromatic carbocycles. The molecule has 0 saturated heterocycles. The number of rotatable bonds is 1. The SMILES string of the molecule is Nc1c2c(C(F)(F)F)nc(C(F)(F)F)nc2nn1-c1c(F)cc(C(F)(F)F)cc1Cl. The molecule has 0 aliphatic heterocycles. The highest BCUT2D eigenvalue weighted by Crippen LogP contribution is 2.40. The second-order valence-corrected chi connectivity index (χ2v) is 6.08. The van der Waals surface area contributed by atoms with Crippen LogP contribution < -0.4 is 5.73 Å². The third-order valence-electron chi connectivity index (χ3n) is 3.65. The molecule has 16 heteroatoms. The zero-order valence-corrected chi connectivity index (χ0v) is 14.4. The van der Waals surface area contributed by atoms with Crippen molar-refractivity contribution in [3.05, 3.63) is 40.1 Å². The van der Waals surface area contributed by atoms with Crippen LogP contribution in [-0.4, -0.2) is 19.7 Å². The molecule has 2 aromatic heterocycles. The molecule has 2 heterocycles. The van der Waals surface area contributed by atoms with Crippen LogP contribution in [0.3, 0.4) is 0 Å². The van der Waals surface area contributed by atoms with Gasteiger partial charge in [0.15, 0.2) is 17.2 Å². The van der Waals surface area contributed by atoms with Crippen molar-refractivity contribution in [3.63, 3.8) is 0 Å². The highest BCUT2D eigenvalue weighted by atomic mass is 35.5. The van der Waals surface area contributed by atoms with Crippen LogP contribution in [0.4, 0.5) is 49.7 Å². The van der Waals surface area contributed by atoms with Crippen LogP contribution in [0.1, 0.15) is 17.1 Å². The van der Waals surface area contributed by atoms with Crippen LogP contribution in [0.15, 0.2) is 12.1 Å². The minimum absolute atomic E-state index is 0.0372. The largest absolute Gasteiger partial charge is 0.451 e. The van der Waals surface area contributed by atoms with Crippen molar-refractivity contribution in [1.29, 1.82) is 0 Å². The number of hydrogen-bond donors (Lipinski definition) is 1. The number of nitrogen functional groups attached to an aromatic ring is 1. The third-order valence-corrected chi connectivity index (χ3v) is 3.94. The molecule has 162 valence electrons. The molecule has 3 aromatic rings. The van der Waals surface area contributed by atoms with Gasteiger partial charge in [0.2, 0.25) is 5.82 Å². The van der Waals surface area contributed by atoms with Crippen LogP contribution in [0.5, 0.6) is 0 Å². The summed E-state index contributed by atoms with van der Waals surface area (Å²) in [4.78, 5) is 5.28. The first-order valence-corrected chi connectivity index (χ1v) is 7.67. The number of alkyl halides is 9. The molecule has 0 amide bonds. The van der Waals surface area contributed by atoms with E-state index >= 15 is 0 Å². The number of hydrogen-bond acceptors (Lipinski definition) is 4. The smallest absolute Gasteiger partial charge is 0.383 e. The first kappa shape index (κ1) is 21.9.